The fourth-order valence-corrected chi connectivity index (χ4v) is 3.82. The molecule has 1 atom stereocenters. The molecule has 3 rings (SSSR count). The third-order valence-corrected chi connectivity index (χ3v) is 5.73. The lowest BCUT2D eigenvalue weighted by Crippen LogP contribution is -2.45. The van der Waals surface area contributed by atoms with E-state index in [1.54, 1.807) is 6.92 Å². The van der Waals surface area contributed by atoms with Gasteiger partial charge in [0.05, 0.1) is 12.0 Å². The number of methoxy groups -OCH3 is 1. The second-order valence-electron chi connectivity index (χ2n) is 6.82. The van der Waals surface area contributed by atoms with Gasteiger partial charge in [-0.15, -0.1) is 0 Å². The molecule has 0 saturated heterocycles. The lowest BCUT2D eigenvalue weighted by molar-refractivity contribution is -0.142. The fourth-order valence-electron chi connectivity index (χ4n) is 2.84. The lowest BCUT2D eigenvalue weighted by atomic mass is 10.1. The van der Waals surface area contributed by atoms with Crippen LogP contribution >= 0.6 is 0 Å². The van der Waals surface area contributed by atoms with Crippen LogP contribution < -0.4 is 15.4 Å². The van der Waals surface area contributed by atoms with E-state index in [0.717, 1.165) is 5.56 Å². The molecule has 3 aromatic rings. The van der Waals surface area contributed by atoms with Crippen molar-refractivity contribution in [3.05, 3.63) is 72.0 Å². The van der Waals surface area contributed by atoms with Crippen LogP contribution in [0.25, 0.3) is 0 Å². The van der Waals surface area contributed by atoms with E-state index < -0.39 is 28.1 Å². The van der Waals surface area contributed by atoms with Crippen LogP contribution in [-0.2, 0) is 26.0 Å². The molecule has 0 aliphatic rings. The number of rotatable bonds is 8. The zero-order chi connectivity index (χ0) is 23.1. The number of carbonyl (C=O) groups is 2. The molecule has 2 aromatic carbocycles. The standard InChI is InChI=1S/C21H22N4O6S/c1-14-12-19(24-31-14)25-32(28,29)17-10-8-16(9-11-17)22-21(27)23-18(20(26)30-2)13-15-6-4-3-5-7-15/h3-12,18H,13H2,1-2H3,(H,24,25)(H2,22,23,27)/t18-/m0/s1. The topological polar surface area (TPSA) is 140 Å². The van der Waals surface area contributed by atoms with Gasteiger partial charge in [0, 0.05) is 18.2 Å². The van der Waals surface area contributed by atoms with E-state index in [1.807, 2.05) is 30.3 Å². The Morgan fingerprint density at radius 3 is 2.38 bits per heavy atom. The molecule has 1 heterocycles. The number of amides is 2. The molecule has 0 radical (unpaired) electrons. The fraction of sp³-hybridized carbons (Fsp3) is 0.190. The molecule has 0 fully saturated rings. The Balaban J connectivity index is 1.63. The summed E-state index contributed by atoms with van der Waals surface area (Å²) in [4.78, 5) is 24.4. The van der Waals surface area contributed by atoms with Crippen LogP contribution in [-0.4, -0.2) is 38.7 Å². The number of sulfonamides is 1. The van der Waals surface area contributed by atoms with Gasteiger partial charge in [0.1, 0.15) is 11.8 Å². The largest absolute Gasteiger partial charge is 0.467 e. The second kappa shape index (κ2) is 9.96. The highest BCUT2D eigenvalue weighted by atomic mass is 32.2. The van der Waals surface area contributed by atoms with E-state index in [2.05, 4.69) is 20.5 Å². The van der Waals surface area contributed by atoms with Gasteiger partial charge in [-0.05, 0) is 36.8 Å². The zero-order valence-corrected chi connectivity index (χ0v) is 18.2. The Morgan fingerprint density at radius 2 is 1.78 bits per heavy atom. The lowest BCUT2D eigenvalue weighted by Gasteiger charge is -2.17. The van der Waals surface area contributed by atoms with Crippen LogP contribution in [0.3, 0.4) is 0 Å². The third kappa shape index (κ3) is 6.08. The monoisotopic (exact) mass is 458 g/mol. The van der Waals surface area contributed by atoms with Crippen molar-refractivity contribution >= 4 is 33.5 Å². The Morgan fingerprint density at radius 1 is 1.09 bits per heavy atom. The highest BCUT2D eigenvalue weighted by molar-refractivity contribution is 7.92. The molecule has 11 heteroatoms. The maximum Gasteiger partial charge on any atom is 0.328 e. The average molecular weight is 458 g/mol. The summed E-state index contributed by atoms with van der Waals surface area (Å²) in [5.74, 6) is -0.0539. The highest BCUT2D eigenvalue weighted by Gasteiger charge is 2.22. The van der Waals surface area contributed by atoms with E-state index in [1.165, 1.54) is 37.4 Å². The number of carbonyl (C=O) groups excluding carboxylic acids is 2. The number of anilines is 2. The molecule has 0 saturated carbocycles. The molecule has 2 amide bonds. The average Bonchev–Trinajstić information content (AvgIpc) is 3.17. The normalized spacial score (nSPS) is 11.9. The van der Waals surface area contributed by atoms with Crippen LogP contribution in [0.1, 0.15) is 11.3 Å². The molecule has 3 N–H and O–H groups in total. The Labute approximate surface area is 185 Å². The molecular weight excluding hydrogens is 436 g/mol. The first-order valence-corrected chi connectivity index (χ1v) is 11.0. The van der Waals surface area contributed by atoms with Gasteiger partial charge in [0.15, 0.2) is 5.82 Å². The number of hydrogen-bond donors (Lipinski definition) is 3. The first-order chi connectivity index (χ1) is 15.3. The Hall–Kier alpha value is -3.86. The molecule has 1 aromatic heterocycles. The second-order valence-corrected chi connectivity index (χ2v) is 8.50. The van der Waals surface area contributed by atoms with Crippen molar-refractivity contribution in [2.75, 3.05) is 17.1 Å². The number of ether oxygens (including phenoxy) is 1. The molecule has 168 valence electrons. The molecule has 0 aliphatic carbocycles. The molecule has 0 aliphatic heterocycles. The summed E-state index contributed by atoms with van der Waals surface area (Å²) < 4.78 is 36.8. The van der Waals surface area contributed by atoms with Crippen molar-refractivity contribution < 1.29 is 27.3 Å². The number of benzene rings is 2. The molecule has 32 heavy (non-hydrogen) atoms. The summed E-state index contributed by atoms with van der Waals surface area (Å²) >= 11 is 0. The molecule has 0 unspecified atom stereocenters. The van der Waals surface area contributed by atoms with E-state index in [-0.39, 0.29) is 17.1 Å². The quantitative estimate of drug-likeness (QED) is 0.441. The van der Waals surface area contributed by atoms with Gasteiger partial charge >= 0.3 is 12.0 Å². The minimum Gasteiger partial charge on any atom is -0.467 e. The van der Waals surface area contributed by atoms with Gasteiger partial charge in [0.2, 0.25) is 0 Å². The van der Waals surface area contributed by atoms with Crippen molar-refractivity contribution in [1.82, 2.24) is 10.5 Å². The summed E-state index contributed by atoms with van der Waals surface area (Å²) in [5, 5.41) is 8.73. The SMILES string of the molecule is COC(=O)[C@H](Cc1ccccc1)NC(=O)Nc1ccc(S(=O)(=O)Nc2cc(C)on2)cc1. The predicted octanol–water partition coefficient (Wildman–Crippen LogP) is 2.69. The summed E-state index contributed by atoms with van der Waals surface area (Å²) in [5.41, 5.74) is 1.19. The van der Waals surface area contributed by atoms with Crippen LogP contribution in [0.15, 0.2) is 70.1 Å². The van der Waals surface area contributed by atoms with Crippen LogP contribution in [0.5, 0.6) is 0 Å². The van der Waals surface area contributed by atoms with Gasteiger partial charge < -0.3 is 19.9 Å². The predicted molar refractivity (Wildman–Crippen MR) is 117 cm³/mol. The number of nitrogens with zero attached hydrogens (tertiary/aromatic N) is 1. The van der Waals surface area contributed by atoms with Gasteiger partial charge in [-0.3, -0.25) is 4.72 Å². The molecule has 10 nitrogen and oxygen atoms in total. The van der Waals surface area contributed by atoms with Crippen LogP contribution in [0.4, 0.5) is 16.3 Å². The maximum absolute atomic E-state index is 12.4. The Kier molecular flexibility index (Phi) is 7.11. The zero-order valence-electron chi connectivity index (χ0n) is 17.4. The van der Waals surface area contributed by atoms with Gasteiger partial charge in [0.25, 0.3) is 10.0 Å². The van der Waals surface area contributed by atoms with Crippen molar-refractivity contribution in [1.29, 1.82) is 0 Å². The number of aromatic nitrogens is 1. The van der Waals surface area contributed by atoms with Crippen molar-refractivity contribution in [2.45, 2.75) is 24.3 Å². The van der Waals surface area contributed by atoms with Crippen molar-refractivity contribution in [2.24, 2.45) is 0 Å². The van der Waals surface area contributed by atoms with Gasteiger partial charge in [-0.2, -0.15) is 0 Å². The van der Waals surface area contributed by atoms with E-state index in [0.29, 0.717) is 11.4 Å². The number of urea groups is 1. The first-order valence-electron chi connectivity index (χ1n) is 9.52. The molecular formula is C21H22N4O6S. The number of esters is 1. The third-order valence-electron chi connectivity index (χ3n) is 4.36. The molecule has 0 spiro atoms. The van der Waals surface area contributed by atoms with Gasteiger partial charge in [-0.1, -0.05) is 35.5 Å². The summed E-state index contributed by atoms with van der Waals surface area (Å²) in [6, 6.07) is 14.6. The van der Waals surface area contributed by atoms with Crippen LogP contribution in [0, 0.1) is 6.92 Å². The maximum atomic E-state index is 12.4. The summed E-state index contributed by atoms with van der Waals surface area (Å²) in [6.07, 6.45) is 0.255. The van der Waals surface area contributed by atoms with E-state index >= 15 is 0 Å². The highest BCUT2D eigenvalue weighted by Crippen LogP contribution is 2.18. The van der Waals surface area contributed by atoms with E-state index in [4.69, 9.17) is 9.26 Å². The summed E-state index contributed by atoms with van der Waals surface area (Å²) in [7, 11) is -2.63. The smallest absolute Gasteiger partial charge is 0.328 e. The number of hydrogen-bond acceptors (Lipinski definition) is 7. The number of aryl methyl sites for hydroxylation is 1. The summed E-state index contributed by atoms with van der Waals surface area (Å²) in [6.45, 7) is 1.64. The molecule has 0 bridgehead atoms. The minimum atomic E-state index is -3.88. The van der Waals surface area contributed by atoms with Gasteiger partial charge in [-0.25, -0.2) is 18.0 Å². The van der Waals surface area contributed by atoms with E-state index in [9.17, 15) is 18.0 Å². The Bertz CT molecular complexity index is 1180. The van der Waals surface area contributed by atoms with Crippen molar-refractivity contribution in [3.8, 4) is 0 Å². The van der Waals surface area contributed by atoms with Crippen LogP contribution in [0.2, 0.25) is 0 Å². The van der Waals surface area contributed by atoms with Crippen molar-refractivity contribution in [3.63, 3.8) is 0 Å². The first kappa shape index (κ1) is 22.8. The minimum absolute atomic E-state index is 0.0272. The number of nitrogens with one attached hydrogen (secondary N) is 3.